The minimum Gasteiger partial charge on any atom is -0.484 e. The predicted octanol–water partition coefficient (Wildman–Crippen LogP) is 5.00. The zero-order chi connectivity index (χ0) is 30.4. The Balaban J connectivity index is 1.01. The number of benzene rings is 3. The summed E-state index contributed by atoms with van der Waals surface area (Å²) in [6, 6.07) is 18.5. The zero-order valence-corrected chi connectivity index (χ0v) is 25.5. The molecular formula is C30H25BrN6O6S. The molecule has 0 radical (unpaired) electrons. The van der Waals surface area contributed by atoms with Crippen LogP contribution in [0, 0.1) is 0 Å². The van der Waals surface area contributed by atoms with E-state index in [9.17, 15) is 18.0 Å². The fraction of sp³-hybridized carbons (Fsp3) is 0.233. The lowest BCUT2D eigenvalue weighted by Crippen LogP contribution is -2.39. The third-order valence-electron chi connectivity index (χ3n) is 7.72. The van der Waals surface area contributed by atoms with Crippen LogP contribution >= 0.6 is 15.9 Å². The largest absolute Gasteiger partial charge is 0.484 e. The van der Waals surface area contributed by atoms with Gasteiger partial charge < -0.3 is 14.2 Å². The lowest BCUT2D eigenvalue weighted by molar-refractivity contribution is 0.0642. The Hall–Kier alpha value is -4.40. The molecule has 1 unspecified atom stereocenters. The van der Waals surface area contributed by atoms with Crippen molar-refractivity contribution >= 4 is 48.8 Å². The highest BCUT2D eigenvalue weighted by Gasteiger charge is 2.39. The summed E-state index contributed by atoms with van der Waals surface area (Å²) in [4.78, 5) is 38.3. The summed E-state index contributed by atoms with van der Waals surface area (Å²) >= 11 is 3.40. The number of fused-ring (bicyclic) bond motifs is 2. The molecule has 2 aliphatic heterocycles. The number of piperidine rings is 1. The fourth-order valence-corrected chi connectivity index (χ4v) is 7.45. The average Bonchev–Trinajstić information content (AvgIpc) is 3.75. The number of aromatic amines is 1. The first-order valence-corrected chi connectivity index (χ1v) is 16.2. The van der Waals surface area contributed by atoms with Gasteiger partial charge in [0, 0.05) is 11.0 Å². The molecule has 12 nitrogen and oxygen atoms in total. The number of hydrogen-bond donors (Lipinski definition) is 1. The second-order valence-electron chi connectivity index (χ2n) is 10.6. The highest BCUT2D eigenvalue weighted by Crippen LogP contribution is 2.34. The van der Waals surface area contributed by atoms with Crippen LogP contribution in [0.4, 0.5) is 0 Å². The Morgan fingerprint density at radius 1 is 0.977 bits per heavy atom. The molecule has 1 saturated heterocycles. The summed E-state index contributed by atoms with van der Waals surface area (Å²) in [5.74, 6) is 0.365. The van der Waals surface area contributed by atoms with Crippen molar-refractivity contribution in [3.63, 3.8) is 0 Å². The summed E-state index contributed by atoms with van der Waals surface area (Å²) in [5.41, 5.74) is 2.75. The van der Waals surface area contributed by atoms with Gasteiger partial charge in [0.1, 0.15) is 5.75 Å². The first kappa shape index (κ1) is 28.4. The van der Waals surface area contributed by atoms with Crippen molar-refractivity contribution < 1.29 is 27.3 Å². The van der Waals surface area contributed by atoms with Gasteiger partial charge >= 0.3 is 0 Å². The molecule has 4 heterocycles. The van der Waals surface area contributed by atoms with Crippen molar-refractivity contribution in [2.45, 2.75) is 43.6 Å². The summed E-state index contributed by atoms with van der Waals surface area (Å²) in [6.45, 7) is 0.426. The lowest BCUT2D eigenvalue weighted by atomic mass is 10.0. The first-order valence-electron chi connectivity index (χ1n) is 13.9. The van der Waals surface area contributed by atoms with Gasteiger partial charge in [-0.1, -0.05) is 51.8 Å². The summed E-state index contributed by atoms with van der Waals surface area (Å²) < 4.78 is 40.7. The number of nitrogens with one attached hydrogen (secondary N) is 1. The Kier molecular flexibility index (Phi) is 7.26. The van der Waals surface area contributed by atoms with E-state index in [-0.39, 0.29) is 41.8 Å². The molecule has 0 saturated carbocycles. The number of nitrogens with zero attached hydrogens (tertiary/aromatic N) is 5. The molecule has 2 aliphatic rings. The molecule has 2 amide bonds. The standard InChI is InChI=1S/C30H25BrN6O6S/c31-19-10-13-23-24(15-19)33-30(32-23)44(40,41)37-14-4-3-7-25(37)27-34-26(43-35-27)17-42-20-11-8-18(9-12-20)16-36-28(38)21-5-1-2-6-22(21)29(36)39/h1-2,5-6,8-13,15,25H,3-4,7,14,16-17H2,(H,32,33). The van der Waals surface area contributed by atoms with Crippen molar-refractivity contribution in [3.8, 4) is 5.75 Å². The lowest BCUT2D eigenvalue weighted by Gasteiger charge is -2.31. The number of amides is 2. The molecule has 1 N–H and O–H groups in total. The van der Waals surface area contributed by atoms with E-state index in [2.05, 4.69) is 36.0 Å². The van der Waals surface area contributed by atoms with E-state index < -0.39 is 16.1 Å². The van der Waals surface area contributed by atoms with Crippen LogP contribution in [0.3, 0.4) is 0 Å². The quantitative estimate of drug-likeness (QED) is 0.224. The Morgan fingerprint density at radius 2 is 1.73 bits per heavy atom. The molecule has 0 spiro atoms. The molecule has 0 bridgehead atoms. The molecule has 0 aliphatic carbocycles. The normalized spacial score (nSPS) is 17.4. The minimum absolute atomic E-state index is 0.0251. The Morgan fingerprint density at radius 3 is 2.48 bits per heavy atom. The number of imidazole rings is 1. The van der Waals surface area contributed by atoms with Gasteiger partial charge in [0.2, 0.25) is 5.16 Å². The van der Waals surface area contributed by atoms with E-state index in [1.165, 1.54) is 9.21 Å². The highest BCUT2D eigenvalue weighted by molar-refractivity contribution is 9.10. The van der Waals surface area contributed by atoms with Crippen molar-refractivity contribution in [3.05, 3.63) is 99.6 Å². The fourth-order valence-electron chi connectivity index (χ4n) is 5.51. The monoisotopic (exact) mass is 676 g/mol. The number of carbonyl (C=O) groups is 2. The molecule has 44 heavy (non-hydrogen) atoms. The van der Waals surface area contributed by atoms with Crippen LogP contribution in [0.15, 0.2) is 80.9 Å². The van der Waals surface area contributed by atoms with Crippen LogP contribution in [0.2, 0.25) is 0 Å². The van der Waals surface area contributed by atoms with E-state index in [4.69, 9.17) is 9.26 Å². The van der Waals surface area contributed by atoms with Gasteiger partial charge in [-0.25, -0.2) is 13.4 Å². The molecule has 1 fully saturated rings. The zero-order valence-electron chi connectivity index (χ0n) is 23.1. The smallest absolute Gasteiger partial charge is 0.277 e. The maximum Gasteiger partial charge on any atom is 0.277 e. The maximum absolute atomic E-state index is 13.6. The number of sulfonamides is 1. The molecule has 7 rings (SSSR count). The highest BCUT2D eigenvalue weighted by atomic mass is 79.9. The Labute approximate surface area is 260 Å². The molecule has 224 valence electrons. The first-order chi connectivity index (χ1) is 21.3. The Bertz CT molecular complexity index is 1970. The van der Waals surface area contributed by atoms with E-state index >= 15 is 0 Å². The number of halogens is 1. The second kappa shape index (κ2) is 11.3. The van der Waals surface area contributed by atoms with Crippen LogP contribution in [0.25, 0.3) is 11.0 Å². The van der Waals surface area contributed by atoms with Gasteiger partial charge in [-0.3, -0.25) is 14.5 Å². The van der Waals surface area contributed by atoms with Crippen LogP contribution in [0.5, 0.6) is 5.75 Å². The molecular weight excluding hydrogens is 652 g/mol. The van der Waals surface area contributed by atoms with Crippen molar-refractivity contribution in [1.29, 1.82) is 0 Å². The molecule has 3 aromatic carbocycles. The van der Waals surface area contributed by atoms with Gasteiger partial charge in [-0.15, -0.1) is 0 Å². The van der Waals surface area contributed by atoms with E-state index in [0.29, 0.717) is 47.3 Å². The molecule has 14 heteroatoms. The number of H-pyrrole nitrogens is 1. The summed E-state index contributed by atoms with van der Waals surface area (Å²) in [6.07, 6.45) is 2.06. The number of imide groups is 1. The van der Waals surface area contributed by atoms with Gasteiger partial charge in [0.25, 0.3) is 27.7 Å². The molecule has 1 atom stereocenters. The van der Waals surface area contributed by atoms with E-state index in [0.717, 1.165) is 16.5 Å². The van der Waals surface area contributed by atoms with Crippen LogP contribution in [-0.2, 0) is 23.2 Å². The maximum atomic E-state index is 13.6. The third-order valence-corrected chi connectivity index (χ3v) is 9.95. The van der Waals surface area contributed by atoms with E-state index in [1.54, 1.807) is 66.7 Å². The average molecular weight is 678 g/mol. The second-order valence-corrected chi connectivity index (χ2v) is 13.3. The van der Waals surface area contributed by atoms with Crippen molar-refractivity contribution in [1.82, 2.24) is 29.3 Å². The SMILES string of the molecule is O=C1c2ccccc2C(=O)N1Cc1ccc(OCc2nc(C3CCCCN3S(=O)(=O)c3nc4ccc(Br)cc4[nH]3)no2)cc1. The number of carbonyl (C=O) groups excluding carboxylic acids is 2. The predicted molar refractivity (Wildman–Crippen MR) is 160 cm³/mol. The van der Waals surface area contributed by atoms with E-state index in [1.807, 2.05) is 0 Å². The summed E-state index contributed by atoms with van der Waals surface area (Å²) in [7, 11) is -3.96. The number of ether oxygens (including phenoxy) is 1. The van der Waals surface area contributed by atoms with Crippen LogP contribution < -0.4 is 4.74 Å². The van der Waals surface area contributed by atoms with Crippen molar-refractivity contribution in [2.75, 3.05) is 6.54 Å². The van der Waals surface area contributed by atoms with Gasteiger partial charge in [-0.2, -0.15) is 9.29 Å². The van der Waals surface area contributed by atoms with Crippen LogP contribution in [0.1, 0.15) is 63.3 Å². The van der Waals surface area contributed by atoms with Gasteiger partial charge in [0.05, 0.1) is 34.7 Å². The topological polar surface area (TPSA) is 152 Å². The molecule has 5 aromatic rings. The van der Waals surface area contributed by atoms with Crippen molar-refractivity contribution in [2.24, 2.45) is 0 Å². The van der Waals surface area contributed by atoms with Gasteiger partial charge in [0.15, 0.2) is 12.4 Å². The number of rotatable bonds is 8. The molecule has 2 aromatic heterocycles. The number of hydrogen-bond acceptors (Lipinski definition) is 9. The van der Waals surface area contributed by atoms with Gasteiger partial charge in [-0.05, 0) is 60.9 Å². The van der Waals surface area contributed by atoms with Crippen LogP contribution in [-0.4, -0.2) is 56.1 Å². The number of aromatic nitrogens is 4. The minimum atomic E-state index is -3.96. The third kappa shape index (κ3) is 5.18. The summed E-state index contributed by atoms with van der Waals surface area (Å²) in [5, 5.41) is 3.96.